The molecule has 0 saturated heterocycles. The maximum atomic E-state index is 13.8. The molecule has 0 unspecified atom stereocenters. The summed E-state index contributed by atoms with van der Waals surface area (Å²) in [5, 5.41) is 4.03. The monoisotopic (exact) mass is 392 g/mol. The second kappa shape index (κ2) is 7.78. The fourth-order valence-electron chi connectivity index (χ4n) is 2.88. The van der Waals surface area contributed by atoms with Crippen molar-refractivity contribution >= 4 is 33.0 Å². The van der Waals surface area contributed by atoms with Crippen LogP contribution < -0.4 is 10.1 Å². The first-order chi connectivity index (χ1) is 13.6. The van der Waals surface area contributed by atoms with Crippen LogP contribution >= 0.6 is 11.3 Å². The molecule has 140 valence electrons. The smallest absolute Gasteiger partial charge is 0.181 e. The lowest BCUT2D eigenvalue weighted by Crippen LogP contribution is -2.14. The number of carbonyl (C=O) groups excluding carboxylic acids is 1. The van der Waals surface area contributed by atoms with Gasteiger partial charge in [-0.25, -0.2) is 9.37 Å². The second-order valence-electron chi connectivity index (χ2n) is 6.19. The Kier molecular flexibility index (Phi) is 5.04. The number of anilines is 1. The van der Waals surface area contributed by atoms with Crippen LogP contribution in [0.3, 0.4) is 0 Å². The third kappa shape index (κ3) is 3.73. The van der Waals surface area contributed by atoms with Gasteiger partial charge in [0.25, 0.3) is 0 Å². The molecule has 1 aromatic heterocycles. The largest absolute Gasteiger partial charge is 0.494 e. The van der Waals surface area contributed by atoms with Crippen molar-refractivity contribution < 1.29 is 13.9 Å². The highest BCUT2D eigenvalue weighted by Gasteiger charge is 2.11. The van der Waals surface area contributed by atoms with Gasteiger partial charge in [0.15, 0.2) is 17.3 Å². The normalized spacial score (nSPS) is 10.8. The van der Waals surface area contributed by atoms with E-state index in [9.17, 15) is 9.18 Å². The third-order valence-corrected chi connectivity index (χ3v) is 5.42. The van der Waals surface area contributed by atoms with Gasteiger partial charge < -0.3 is 10.1 Å². The summed E-state index contributed by atoms with van der Waals surface area (Å²) in [6, 6.07) is 20.0. The highest BCUT2D eigenvalue weighted by Crippen LogP contribution is 2.31. The summed E-state index contributed by atoms with van der Waals surface area (Å²) >= 11 is 1.63. The first-order valence-corrected chi connectivity index (χ1v) is 9.52. The number of thiazole rings is 1. The lowest BCUT2D eigenvalue weighted by atomic mass is 10.1. The highest BCUT2D eigenvalue weighted by atomic mass is 32.1. The van der Waals surface area contributed by atoms with Crippen LogP contribution in [0.15, 0.2) is 66.7 Å². The maximum absolute atomic E-state index is 13.8. The molecule has 4 rings (SSSR count). The van der Waals surface area contributed by atoms with Gasteiger partial charge in [-0.2, -0.15) is 0 Å². The lowest BCUT2D eigenvalue weighted by Gasteiger charge is -2.08. The van der Waals surface area contributed by atoms with Gasteiger partial charge >= 0.3 is 0 Å². The minimum Gasteiger partial charge on any atom is -0.494 e. The van der Waals surface area contributed by atoms with Gasteiger partial charge in [-0.05, 0) is 42.5 Å². The SMILES string of the molecule is COc1ccc(C(=O)CNc2cccc(-c3nc4ccccc4s3)c2)cc1F. The average molecular weight is 392 g/mol. The number of para-hydroxylation sites is 1. The quantitative estimate of drug-likeness (QED) is 0.446. The van der Waals surface area contributed by atoms with Gasteiger partial charge in [0, 0.05) is 16.8 Å². The van der Waals surface area contributed by atoms with Gasteiger partial charge in [-0.3, -0.25) is 4.79 Å². The molecule has 1 heterocycles. The Bertz CT molecular complexity index is 1120. The van der Waals surface area contributed by atoms with E-state index in [1.807, 2.05) is 48.5 Å². The Balaban J connectivity index is 1.49. The summed E-state index contributed by atoms with van der Waals surface area (Å²) < 4.78 is 19.8. The first kappa shape index (κ1) is 18.1. The number of carbonyl (C=O) groups is 1. The molecule has 0 atom stereocenters. The van der Waals surface area contributed by atoms with Gasteiger partial charge in [0.05, 0.1) is 23.9 Å². The number of halogens is 1. The molecule has 0 aliphatic heterocycles. The van der Waals surface area contributed by atoms with Crippen molar-refractivity contribution in [3.05, 3.63) is 78.1 Å². The summed E-state index contributed by atoms with van der Waals surface area (Å²) in [5.41, 5.74) is 3.05. The van der Waals surface area contributed by atoms with E-state index in [4.69, 9.17) is 4.74 Å². The Morgan fingerprint density at radius 2 is 1.96 bits per heavy atom. The molecule has 4 nitrogen and oxygen atoms in total. The number of ether oxygens (including phenoxy) is 1. The van der Waals surface area contributed by atoms with E-state index in [0.717, 1.165) is 26.5 Å². The zero-order valence-electron chi connectivity index (χ0n) is 15.1. The first-order valence-electron chi connectivity index (χ1n) is 8.70. The summed E-state index contributed by atoms with van der Waals surface area (Å²) in [5.74, 6) is -0.633. The number of fused-ring (bicyclic) bond motifs is 1. The number of ketones is 1. The van der Waals surface area contributed by atoms with E-state index in [1.165, 1.54) is 19.2 Å². The van der Waals surface area contributed by atoms with Crippen LogP contribution in [0.25, 0.3) is 20.8 Å². The van der Waals surface area contributed by atoms with Crippen LogP contribution in [0.2, 0.25) is 0 Å². The van der Waals surface area contributed by atoms with Crippen LogP contribution in [0.1, 0.15) is 10.4 Å². The molecule has 0 spiro atoms. The van der Waals surface area contributed by atoms with Crippen molar-refractivity contribution in [3.63, 3.8) is 0 Å². The van der Waals surface area contributed by atoms with Crippen LogP contribution in [0.4, 0.5) is 10.1 Å². The van der Waals surface area contributed by atoms with Gasteiger partial charge in [0.2, 0.25) is 0 Å². The Morgan fingerprint density at radius 1 is 1.11 bits per heavy atom. The van der Waals surface area contributed by atoms with Crippen molar-refractivity contribution in [2.24, 2.45) is 0 Å². The predicted molar refractivity (Wildman–Crippen MR) is 111 cm³/mol. The molecule has 28 heavy (non-hydrogen) atoms. The van der Waals surface area contributed by atoms with E-state index in [1.54, 1.807) is 17.4 Å². The zero-order chi connectivity index (χ0) is 19.5. The molecule has 0 bridgehead atoms. The van der Waals surface area contributed by atoms with Crippen molar-refractivity contribution in [1.29, 1.82) is 0 Å². The molecular formula is C22H17FN2O2S. The average Bonchev–Trinajstić information content (AvgIpc) is 3.16. The minimum absolute atomic E-state index is 0.0646. The molecule has 6 heteroatoms. The second-order valence-corrected chi connectivity index (χ2v) is 7.22. The van der Waals surface area contributed by atoms with E-state index < -0.39 is 5.82 Å². The fourth-order valence-corrected chi connectivity index (χ4v) is 3.84. The van der Waals surface area contributed by atoms with E-state index in [0.29, 0.717) is 5.56 Å². The maximum Gasteiger partial charge on any atom is 0.181 e. The zero-order valence-corrected chi connectivity index (χ0v) is 15.9. The van der Waals surface area contributed by atoms with E-state index in [2.05, 4.69) is 10.3 Å². The van der Waals surface area contributed by atoms with Crippen LogP contribution in [-0.4, -0.2) is 24.4 Å². The van der Waals surface area contributed by atoms with Gasteiger partial charge in [-0.1, -0.05) is 24.3 Å². The number of benzene rings is 3. The molecule has 0 aliphatic carbocycles. The van der Waals surface area contributed by atoms with Crippen molar-refractivity contribution in [1.82, 2.24) is 4.98 Å². The number of aromatic nitrogens is 1. The van der Waals surface area contributed by atoms with Crippen LogP contribution in [-0.2, 0) is 0 Å². The number of hydrogen-bond donors (Lipinski definition) is 1. The molecule has 0 radical (unpaired) electrons. The highest BCUT2D eigenvalue weighted by molar-refractivity contribution is 7.21. The number of nitrogens with one attached hydrogen (secondary N) is 1. The van der Waals surface area contributed by atoms with E-state index >= 15 is 0 Å². The van der Waals surface area contributed by atoms with Gasteiger partial charge in [-0.15, -0.1) is 11.3 Å². The van der Waals surface area contributed by atoms with Gasteiger partial charge in [0.1, 0.15) is 5.01 Å². The third-order valence-electron chi connectivity index (χ3n) is 4.33. The van der Waals surface area contributed by atoms with Crippen molar-refractivity contribution in [3.8, 4) is 16.3 Å². The van der Waals surface area contributed by atoms with Crippen molar-refractivity contribution in [2.75, 3.05) is 19.0 Å². The molecule has 0 fully saturated rings. The van der Waals surface area contributed by atoms with Crippen LogP contribution in [0.5, 0.6) is 5.75 Å². The number of nitrogens with zero attached hydrogens (tertiary/aromatic N) is 1. The van der Waals surface area contributed by atoms with Crippen LogP contribution in [0, 0.1) is 5.82 Å². The molecule has 3 aromatic carbocycles. The molecule has 0 amide bonds. The lowest BCUT2D eigenvalue weighted by molar-refractivity contribution is 0.101. The molecule has 4 aromatic rings. The Hall–Kier alpha value is -3.25. The number of hydrogen-bond acceptors (Lipinski definition) is 5. The van der Waals surface area contributed by atoms with Crippen molar-refractivity contribution in [2.45, 2.75) is 0 Å². The number of rotatable bonds is 6. The molecule has 0 saturated carbocycles. The summed E-state index contributed by atoms with van der Waals surface area (Å²) in [4.78, 5) is 17.0. The summed E-state index contributed by atoms with van der Waals surface area (Å²) in [6.45, 7) is 0.0646. The minimum atomic E-state index is -0.550. The van der Waals surface area contributed by atoms with E-state index in [-0.39, 0.29) is 18.1 Å². The molecular weight excluding hydrogens is 375 g/mol. The standard InChI is InChI=1S/C22H17FN2O2S/c1-27-20-10-9-14(12-17(20)23)19(26)13-24-16-6-4-5-15(11-16)22-25-18-7-2-3-8-21(18)28-22/h2-12,24H,13H2,1H3. The summed E-state index contributed by atoms with van der Waals surface area (Å²) in [7, 11) is 1.39. The molecule has 0 aliphatic rings. The number of Topliss-reactive ketones (excluding diaryl/α,β-unsaturated/α-hetero) is 1. The number of methoxy groups -OCH3 is 1. The topological polar surface area (TPSA) is 51.2 Å². The predicted octanol–water partition coefficient (Wildman–Crippen LogP) is 5.41. The Morgan fingerprint density at radius 3 is 2.75 bits per heavy atom. The molecule has 1 N–H and O–H groups in total. The Labute approximate surface area is 165 Å². The summed E-state index contributed by atoms with van der Waals surface area (Å²) in [6.07, 6.45) is 0. The fraction of sp³-hybridized carbons (Fsp3) is 0.0909.